The molecule has 1 saturated heterocycles. The van der Waals surface area contributed by atoms with Crippen LogP contribution in [0.4, 0.5) is 11.8 Å². The Kier molecular flexibility index (Phi) is 4.85. The highest BCUT2D eigenvalue weighted by Crippen LogP contribution is 2.56. The van der Waals surface area contributed by atoms with Crippen LogP contribution < -0.4 is 10.2 Å². The number of piperidine rings is 1. The summed E-state index contributed by atoms with van der Waals surface area (Å²) in [5.41, 5.74) is 2.07. The molecule has 2 bridgehead atoms. The van der Waals surface area contributed by atoms with Gasteiger partial charge in [-0.15, -0.1) is 0 Å². The fraction of sp³-hybridized carbons (Fsp3) is 0.615. The summed E-state index contributed by atoms with van der Waals surface area (Å²) in [5.74, 6) is 3.88. The topological polar surface area (TPSA) is 78.4 Å². The zero-order valence-corrected chi connectivity index (χ0v) is 20.9. The van der Waals surface area contributed by atoms with Crippen LogP contribution in [-0.2, 0) is 16.2 Å². The summed E-state index contributed by atoms with van der Waals surface area (Å²) >= 11 is 6.14. The highest BCUT2D eigenvalue weighted by atomic mass is 35.5. The van der Waals surface area contributed by atoms with Gasteiger partial charge in [0.25, 0.3) is 0 Å². The number of benzene rings is 1. The molecule has 5 aliphatic rings. The van der Waals surface area contributed by atoms with Gasteiger partial charge in [0.2, 0.25) is 5.95 Å². The third kappa shape index (κ3) is 3.26. The van der Waals surface area contributed by atoms with E-state index in [-0.39, 0.29) is 17.6 Å². The number of aliphatic hydroxyl groups is 1. The molecule has 3 atom stereocenters. The first kappa shape index (κ1) is 21.6. The van der Waals surface area contributed by atoms with E-state index in [4.69, 9.17) is 21.6 Å². The maximum Gasteiger partial charge on any atom is 0.227 e. The molecule has 3 aliphatic carbocycles. The van der Waals surface area contributed by atoms with E-state index in [9.17, 15) is 9.32 Å². The van der Waals surface area contributed by atoms with Crippen LogP contribution in [0.2, 0.25) is 5.02 Å². The lowest BCUT2D eigenvalue weighted by Gasteiger charge is -2.42. The standard InChI is InChI=1S/C26H31ClN4O2S/c27-19-6-4-16(5-7-19)20-17-2-3-18(20)13-31(12-17)24-28-22-21(34(33)15-25(22)10-11-25)23(29-24)30-26(14-32)8-1-9-26/h4-7,17-18,20,32H,1-3,8-15H2,(H,28,29,30)/t17?,18?,20?,34-/m1/s1. The van der Waals surface area contributed by atoms with E-state index < -0.39 is 10.8 Å². The lowest BCUT2D eigenvalue weighted by molar-refractivity contribution is 0.143. The van der Waals surface area contributed by atoms with E-state index >= 15 is 0 Å². The lowest BCUT2D eigenvalue weighted by atomic mass is 9.77. The third-order valence-electron chi connectivity index (χ3n) is 9.21. The predicted octanol–water partition coefficient (Wildman–Crippen LogP) is 4.24. The van der Waals surface area contributed by atoms with Crippen molar-refractivity contribution in [2.75, 3.05) is 35.7 Å². The molecule has 8 heteroatoms. The number of hydrogen-bond donors (Lipinski definition) is 2. The van der Waals surface area contributed by atoms with E-state index in [0.717, 1.165) is 66.8 Å². The van der Waals surface area contributed by atoms with Crippen LogP contribution in [0.1, 0.15) is 62.1 Å². The van der Waals surface area contributed by atoms with Gasteiger partial charge in [0.1, 0.15) is 10.7 Å². The summed E-state index contributed by atoms with van der Waals surface area (Å²) in [5, 5.41) is 14.4. The Morgan fingerprint density at radius 2 is 1.79 bits per heavy atom. The molecule has 0 radical (unpaired) electrons. The monoisotopic (exact) mass is 498 g/mol. The average molecular weight is 499 g/mol. The van der Waals surface area contributed by atoms with Crippen molar-refractivity contribution in [2.24, 2.45) is 11.8 Å². The van der Waals surface area contributed by atoms with Crippen molar-refractivity contribution in [3.8, 4) is 0 Å². The molecule has 1 aromatic carbocycles. The minimum absolute atomic E-state index is 0.0130. The zero-order valence-electron chi connectivity index (χ0n) is 19.3. The Hall–Kier alpha value is -1.70. The molecule has 7 rings (SSSR count). The molecular formula is C26H31ClN4O2S. The van der Waals surface area contributed by atoms with Crippen LogP contribution in [0.5, 0.6) is 0 Å². The van der Waals surface area contributed by atoms with Gasteiger partial charge in [0.05, 0.1) is 28.6 Å². The minimum atomic E-state index is -1.08. The molecule has 2 unspecified atom stereocenters. The van der Waals surface area contributed by atoms with Crippen molar-refractivity contribution >= 4 is 34.2 Å². The largest absolute Gasteiger partial charge is 0.394 e. The van der Waals surface area contributed by atoms with Crippen LogP contribution in [-0.4, -0.2) is 50.3 Å². The summed E-state index contributed by atoms with van der Waals surface area (Å²) in [6, 6.07) is 8.41. The van der Waals surface area contributed by atoms with Crippen molar-refractivity contribution in [3.05, 3.63) is 40.5 Å². The number of halogens is 1. The molecule has 6 nitrogen and oxygen atoms in total. The van der Waals surface area contributed by atoms with Gasteiger partial charge in [0, 0.05) is 29.3 Å². The highest BCUT2D eigenvalue weighted by Gasteiger charge is 2.55. The first-order valence-corrected chi connectivity index (χ1v) is 14.4. The molecule has 3 heterocycles. The van der Waals surface area contributed by atoms with Crippen LogP contribution in [0, 0.1) is 11.8 Å². The van der Waals surface area contributed by atoms with E-state index in [1.54, 1.807) is 0 Å². The number of nitrogens with one attached hydrogen (secondary N) is 1. The second-order valence-corrected chi connectivity index (χ2v) is 13.1. The Bertz CT molecular complexity index is 1140. The van der Waals surface area contributed by atoms with E-state index in [1.165, 1.54) is 18.4 Å². The first-order chi connectivity index (χ1) is 16.5. The van der Waals surface area contributed by atoms with Gasteiger partial charge in [-0.05, 0) is 80.4 Å². The number of fused-ring (bicyclic) bond motifs is 4. The van der Waals surface area contributed by atoms with Gasteiger partial charge >= 0.3 is 0 Å². The molecule has 180 valence electrons. The van der Waals surface area contributed by atoms with Crippen LogP contribution in [0.3, 0.4) is 0 Å². The Morgan fingerprint density at radius 3 is 2.38 bits per heavy atom. The summed E-state index contributed by atoms with van der Waals surface area (Å²) in [7, 11) is -1.08. The summed E-state index contributed by atoms with van der Waals surface area (Å²) in [6.45, 7) is 1.97. The SMILES string of the molecule is O=[S@@]1CC2(CC2)c2nc(N3CC4CCC(C3)C4c3ccc(Cl)cc3)nc(NC3(CO)CCC3)c21. The summed E-state index contributed by atoms with van der Waals surface area (Å²) in [6.07, 6.45) is 7.53. The molecule has 3 saturated carbocycles. The van der Waals surface area contributed by atoms with E-state index in [0.29, 0.717) is 29.3 Å². The molecule has 34 heavy (non-hydrogen) atoms. The Balaban J connectivity index is 1.23. The molecular weight excluding hydrogens is 468 g/mol. The molecule has 2 aromatic rings. The number of rotatable bonds is 5. The summed E-state index contributed by atoms with van der Waals surface area (Å²) < 4.78 is 13.2. The normalized spacial score (nSPS) is 31.9. The van der Waals surface area contributed by atoms with Gasteiger partial charge in [0.15, 0.2) is 0 Å². The summed E-state index contributed by atoms with van der Waals surface area (Å²) in [4.78, 5) is 13.3. The van der Waals surface area contributed by atoms with Crippen LogP contribution >= 0.6 is 11.6 Å². The third-order valence-corrected chi connectivity index (χ3v) is 11.1. The van der Waals surface area contributed by atoms with Crippen molar-refractivity contribution in [1.82, 2.24) is 9.97 Å². The predicted molar refractivity (Wildman–Crippen MR) is 134 cm³/mol. The Morgan fingerprint density at radius 1 is 1.09 bits per heavy atom. The minimum Gasteiger partial charge on any atom is -0.394 e. The number of hydrogen-bond acceptors (Lipinski definition) is 6. The van der Waals surface area contributed by atoms with Crippen molar-refractivity contribution in [2.45, 2.75) is 66.7 Å². The van der Waals surface area contributed by atoms with Gasteiger partial charge in [-0.2, -0.15) is 4.98 Å². The van der Waals surface area contributed by atoms with Crippen molar-refractivity contribution in [3.63, 3.8) is 0 Å². The molecule has 0 amide bonds. The highest BCUT2D eigenvalue weighted by molar-refractivity contribution is 7.85. The second-order valence-electron chi connectivity index (χ2n) is 11.3. The molecule has 1 aromatic heterocycles. The number of nitrogens with zero attached hydrogens (tertiary/aromatic N) is 3. The number of aliphatic hydroxyl groups excluding tert-OH is 1. The maximum atomic E-state index is 13.2. The molecule has 2 N–H and O–H groups in total. The smallest absolute Gasteiger partial charge is 0.227 e. The zero-order chi connectivity index (χ0) is 23.1. The first-order valence-electron chi connectivity index (χ1n) is 12.7. The fourth-order valence-corrected chi connectivity index (χ4v) is 8.94. The molecule has 4 fully saturated rings. The maximum absolute atomic E-state index is 13.2. The van der Waals surface area contributed by atoms with Gasteiger partial charge in [-0.3, -0.25) is 4.21 Å². The fourth-order valence-electron chi connectivity index (χ4n) is 6.96. The van der Waals surface area contributed by atoms with Crippen molar-refractivity contribution in [1.29, 1.82) is 0 Å². The van der Waals surface area contributed by atoms with Gasteiger partial charge < -0.3 is 15.3 Å². The Labute approximate surface area is 208 Å². The van der Waals surface area contributed by atoms with Gasteiger partial charge in [-0.25, -0.2) is 4.98 Å². The van der Waals surface area contributed by atoms with Crippen LogP contribution in [0.15, 0.2) is 29.2 Å². The quantitative estimate of drug-likeness (QED) is 0.642. The van der Waals surface area contributed by atoms with Crippen molar-refractivity contribution < 1.29 is 9.32 Å². The number of aromatic nitrogens is 2. The average Bonchev–Trinajstić information content (AvgIpc) is 3.47. The van der Waals surface area contributed by atoms with Crippen LogP contribution in [0.25, 0.3) is 0 Å². The molecule has 2 aliphatic heterocycles. The van der Waals surface area contributed by atoms with E-state index in [2.05, 4.69) is 22.3 Å². The number of anilines is 2. The van der Waals surface area contributed by atoms with Gasteiger partial charge in [-0.1, -0.05) is 23.7 Å². The lowest BCUT2D eigenvalue weighted by Crippen LogP contribution is -2.49. The second kappa shape index (κ2) is 7.65. The molecule has 1 spiro atoms. The van der Waals surface area contributed by atoms with E-state index in [1.807, 2.05) is 12.1 Å².